The number of nitrogen functional groups attached to an aromatic ring is 1. The Balaban J connectivity index is 1.79. The number of rotatable bonds is 3. The third kappa shape index (κ3) is 3.64. The molecule has 0 aromatic carbocycles. The number of amides is 1. The Morgan fingerprint density at radius 2 is 2.27 bits per heavy atom. The predicted molar refractivity (Wildman–Crippen MR) is 90.1 cm³/mol. The molecule has 0 unspecified atom stereocenters. The molecule has 1 fully saturated rings. The zero-order valence-electron chi connectivity index (χ0n) is 13.7. The largest absolute Gasteiger partial charge is 0.484 e. The van der Waals surface area contributed by atoms with Crippen LogP contribution in [-0.2, 0) is 0 Å². The van der Waals surface area contributed by atoms with Crippen LogP contribution in [0.1, 0.15) is 12.0 Å². The number of hydrogen-bond acceptors (Lipinski definition) is 6. The first-order valence-corrected chi connectivity index (χ1v) is 7.88. The summed E-state index contributed by atoms with van der Waals surface area (Å²) in [5.74, 6) is 0.489. The summed E-state index contributed by atoms with van der Waals surface area (Å²) < 4.78 is 19.8. The number of alkyl halides is 1. The van der Waals surface area contributed by atoms with Gasteiger partial charge < -0.3 is 20.5 Å². The molecule has 0 bridgehead atoms. The van der Waals surface area contributed by atoms with Crippen LogP contribution in [0.2, 0.25) is 0 Å². The van der Waals surface area contributed by atoms with Gasteiger partial charge >= 0.3 is 6.09 Å². The summed E-state index contributed by atoms with van der Waals surface area (Å²) in [5, 5.41) is 18.3. The van der Waals surface area contributed by atoms with Crippen LogP contribution in [0.5, 0.6) is 5.75 Å². The molecule has 0 radical (unpaired) electrons. The highest BCUT2D eigenvalue weighted by Gasteiger charge is 2.33. The van der Waals surface area contributed by atoms with Gasteiger partial charge in [-0.3, -0.25) is 4.98 Å². The van der Waals surface area contributed by atoms with E-state index in [2.05, 4.69) is 9.97 Å². The van der Waals surface area contributed by atoms with Crippen LogP contribution in [0.25, 0.3) is 11.3 Å². The van der Waals surface area contributed by atoms with Crippen LogP contribution in [0, 0.1) is 11.3 Å². The Labute approximate surface area is 148 Å². The highest BCUT2D eigenvalue weighted by atomic mass is 19.1. The Morgan fingerprint density at radius 3 is 2.92 bits per heavy atom. The van der Waals surface area contributed by atoms with E-state index >= 15 is 0 Å². The zero-order valence-corrected chi connectivity index (χ0v) is 13.7. The highest BCUT2D eigenvalue weighted by Crippen LogP contribution is 2.27. The summed E-state index contributed by atoms with van der Waals surface area (Å²) in [4.78, 5) is 20.1. The molecule has 2 aromatic rings. The Hall–Kier alpha value is -3.41. The fourth-order valence-electron chi connectivity index (χ4n) is 2.74. The van der Waals surface area contributed by atoms with Crippen molar-refractivity contribution in [1.29, 1.82) is 5.26 Å². The smallest absolute Gasteiger partial charge is 0.407 e. The molecule has 1 amide bonds. The number of nitriles is 1. The van der Waals surface area contributed by atoms with Crippen molar-refractivity contribution in [2.75, 3.05) is 18.8 Å². The number of ether oxygens (including phenoxy) is 1. The molecule has 1 aliphatic rings. The predicted octanol–water partition coefficient (Wildman–Crippen LogP) is 2.07. The molecule has 3 heterocycles. The van der Waals surface area contributed by atoms with Gasteiger partial charge in [-0.25, -0.2) is 14.2 Å². The number of halogens is 1. The molecule has 3 rings (SSSR count). The maximum atomic E-state index is 14.2. The lowest BCUT2D eigenvalue weighted by atomic mass is 10.1. The lowest BCUT2D eigenvalue weighted by Crippen LogP contribution is -2.48. The molecule has 26 heavy (non-hydrogen) atoms. The SMILES string of the molecule is N#Cc1cc(-c2ccnc(N)c2)ncc1O[C@H]1CCN(C(=O)O)C[C@H]1F. The second-order valence-corrected chi connectivity index (χ2v) is 5.84. The lowest BCUT2D eigenvalue weighted by molar-refractivity contribution is 0.0246. The summed E-state index contributed by atoms with van der Waals surface area (Å²) in [6.45, 7) is -0.0895. The van der Waals surface area contributed by atoms with E-state index < -0.39 is 18.4 Å². The van der Waals surface area contributed by atoms with Crippen molar-refractivity contribution in [2.24, 2.45) is 0 Å². The van der Waals surface area contributed by atoms with E-state index in [4.69, 9.17) is 15.6 Å². The van der Waals surface area contributed by atoms with Crippen LogP contribution < -0.4 is 10.5 Å². The minimum Gasteiger partial charge on any atom is -0.484 e. The van der Waals surface area contributed by atoms with Crippen LogP contribution in [-0.4, -0.2) is 51.4 Å². The van der Waals surface area contributed by atoms with Gasteiger partial charge in [-0.1, -0.05) is 0 Å². The summed E-state index contributed by atoms with van der Waals surface area (Å²) >= 11 is 0. The van der Waals surface area contributed by atoms with E-state index in [0.29, 0.717) is 17.1 Å². The van der Waals surface area contributed by atoms with E-state index in [1.54, 1.807) is 12.1 Å². The Bertz CT molecular complexity index is 870. The number of nitrogens with two attached hydrogens (primary N) is 1. The molecule has 0 aliphatic carbocycles. The molecule has 9 heteroatoms. The number of pyridine rings is 2. The average molecular weight is 357 g/mol. The number of anilines is 1. The minimum absolute atomic E-state index is 0.162. The average Bonchev–Trinajstić information content (AvgIpc) is 2.63. The Morgan fingerprint density at radius 1 is 1.46 bits per heavy atom. The van der Waals surface area contributed by atoms with E-state index in [9.17, 15) is 14.4 Å². The molecule has 134 valence electrons. The third-order valence-electron chi connectivity index (χ3n) is 4.10. The van der Waals surface area contributed by atoms with Crippen LogP contribution in [0.3, 0.4) is 0 Å². The number of carbonyl (C=O) groups is 1. The van der Waals surface area contributed by atoms with Gasteiger partial charge in [0.05, 0.1) is 24.0 Å². The monoisotopic (exact) mass is 357 g/mol. The number of likely N-dealkylation sites (tertiary alicyclic amines) is 1. The first-order chi connectivity index (χ1) is 12.5. The second-order valence-electron chi connectivity index (χ2n) is 5.84. The van der Waals surface area contributed by atoms with Gasteiger partial charge in [0.2, 0.25) is 0 Å². The molecule has 1 saturated heterocycles. The highest BCUT2D eigenvalue weighted by molar-refractivity contribution is 5.65. The number of piperidine rings is 1. The molecule has 1 aliphatic heterocycles. The van der Waals surface area contributed by atoms with Gasteiger partial charge in [-0.15, -0.1) is 0 Å². The summed E-state index contributed by atoms with van der Waals surface area (Å²) in [6.07, 6.45) is -0.381. The standard InChI is InChI=1S/C17H16FN5O3/c18-12-9-23(17(24)25)4-2-14(12)26-15-8-22-13(5-11(15)7-19)10-1-3-21-16(20)6-10/h1,3,5-6,8,12,14H,2,4,9H2,(H2,20,21)(H,24,25)/t12-,14+/m1/s1. The van der Waals surface area contributed by atoms with E-state index in [0.717, 1.165) is 4.90 Å². The van der Waals surface area contributed by atoms with Crippen molar-refractivity contribution in [3.63, 3.8) is 0 Å². The maximum Gasteiger partial charge on any atom is 0.407 e. The van der Waals surface area contributed by atoms with Gasteiger partial charge in [0.1, 0.15) is 18.0 Å². The van der Waals surface area contributed by atoms with Crippen LogP contribution >= 0.6 is 0 Å². The van der Waals surface area contributed by atoms with Crippen molar-refractivity contribution >= 4 is 11.9 Å². The van der Waals surface area contributed by atoms with Gasteiger partial charge in [0.25, 0.3) is 0 Å². The van der Waals surface area contributed by atoms with Crippen molar-refractivity contribution in [2.45, 2.75) is 18.7 Å². The van der Waals surface area contributed by atoms with Crippen LogP contribution in [0.4, 0.5) is 15.0 Å². The molecule has 0 spiro atoms. The first kappa shape index (κ1) is 17.4. The fourth-order valence-corrected chi connectivity index (χ4v) is 2.74. The van der Waals surface area contributed by atoms with E-state index in [-0.39, 0.29) is 30.8 Å². The molecule has 8 nitrogen and oxygen atoms in total. The lowest BCUT2D eigenvalue weighted by Gasteiger charge is -2.33. The van der Waals surface area contributed by atoms with E-state index in [1.807, 2.05) is 6.07 Å². The van der Waals surface area contributed by atoms with Gasteiger partial charge in [-0.2, -0.15) is 5.26 Å². The number of aromatic nitrogens is 2. The first-order valence-electron chi connectivity index (χ1n) is 7.88. The topological polar surface area (TPSA) is 125 Å². The Kier molecular flexibility index (Phi) is 4.84. The van der Waals surface area contributed by atoms with Crippen molar-refractivity contribution in [3.05, 3.63) is 36.2 Å². The third-order valence-corrected chi connectivity index (χ3v) is 4.10. The molecule has 2 aromatic heterocycles. The number of hydrogen-bond donors (Lipinski definition) is 2. The molecular formula is C17H16FN5O3. The summed E-state index contributed by atoms with van der Waals surface area (Å²) in [5.41, 5.74) is 7.07. The summed E-state index contributed by atoms with van der Waals surface area (Å²) in [7, 11) is 0. The fraction of sp³-hybridized carbons (Fsp3) is 0.294. The van der Waals surface area contributed by atoms with Gasteiger partial charge in [-0.05, 0) is 18.2 Å². The number of nitrogens with zero attached hydrogens (tertiary/aromatic N) is 4. The zero-order chi connectivity index (χ0) is 18.7. The number of carboxylic acid groups (broad SMARTS) is 1. The summed E-state index contributed by atoms with van der Waals surface area (Å²) in [6, 6.07) is 6.88. The van der Waals surface area contributed by atoms with E-state index in [1.165, 1.54) is 18.5 Å². The molecule has 0 saturated carbocycles. The molecular weight excluding hydrogens is 341 g/mol. The molecule has 3 N–H and O–H groups in total. The van der Waals surface area contributed by atoms with Crippen molar-refractivity contribution in [3.8, 4) is 23.1 Å². The van der Waals surface area contributed by atoms with Crippen LogP contribution in [0.15, 0.2) is 30.6 Å². The minimum atomic E-state index is -1.48. The maximum absolute atomic E-state index is 14.2. The second kappa shape index (κ2) is 7.23. The van der Waals surface area contributed by atoms with Crippen molar-refractivity contribution in [1.82, 2.24) is 14.9 Å². The van der Waals surface area contributed by atoms with Gasteiger partial charge in [0.15, 0.2) is 11.9 Å². The quantitative estimate of drug-likeness (QED) is 0.861. The molecule has 2 atom stereocenters. The normalized spacial score (nSPS) is 19.6. The van der Waals surface area contributed by atoms with Gasteiger partial charge in [0, 0.05) is 24.7 Å². The van der Waals surface area contributed by atoms with Crippen molar-refractivity contribution < 1.29 is 19.0 Å².